The maximum absolute atomic E-state index is 12.1. The van der Waals surface area contributed by atoms with Crippen LogP contribution in [0.5, 0.6) is 5.75 Å². The number of carbonyl (C=O) groups is 1. The summed E-state index contributed by atoms with van der Waals surface area (Å²) in [7, 11) is 0. The van der Waals surface area contributed by atoms with Gasteiger partial charge in [-0.2, -0.15) is 0 Å². The van der Waals surface area contributed by atoms with Crippen LogP contribution in [-0.2, 0) is 11.2 Å². The quantitative estimate of drug-likeness (QED) is 0.162. The van der Waals surface area contributed by atoms with Gasteiger partial charge >= 0.3 is 0 Å². The lowest BCUT2D eigenvalue weighted by atomic mass is 10.0. The highest BCUT2D eigenvalue weighted by molar-refractivity contribution is 5.80. The van der Waals surface area contributed by atoms with E-state index < -0.39 is 0 Å². The normalized spacial score (nSPS) is 10.8. The standard InChI is InChI=1S/C32H50N2O2/c1-2-3-4-5-6-7-8-9-10-11-12-13-14-18-26-33-32(35)28-34-30-21-23-31(24-22-30)36-27-25-29-19-16-15-17-20-29/h15-17,19-24,34H,2-14,18,25-28H2,1H3,(H,33,35). The predicted octanol–water partition coefficient (Wildman–Crippen LogP) is 8.32. The zero-order valence-corrected chi connectivity index (χ0v) is 22.7. The lowest BCUT2D eigenvalue weighted by molar-refractivity contribution is -0.119. The number of hydrogen-bond acceptors (Lipinski definition) is 3. The second kappa shape index (κ2) is 20.7. The largest absolute Gasteiger partial charge is 0.493 e. The summed E-state index contributed by atoms with van der Waals surface area (Å²) in [5.41, 5.74) is 2.20. The van der Waals surface area contributed by atoms with E-state index in [0.717, 1.165) is 30.8 Å². The molecule has 200 valence electrons. The number of carbonyl (C=O) groups excluding carboxylic acids is 1. The molecule has 0 aliphatic heterocycles. The first-order valence-electron chi connectivity index (χ1n) is 14.6. The molecule has 0 unspecified atom stereocenters. The van der Waals surface area contributed by atoms with Crippen LogP contribution in [-0.4, -0.2) is 25.6 Å². The summed E-state index contributed by atoms with van der Waals surface area (Å²) in [5.74, 6) is 0.895. The Morgan fingerprint density at radius 2 is 1.25 bits per heavy atom. The highest BCUT2D eigenvalue weighted by Crippen LogP contribution is 2.16. The molecule has 0 aliphatic rings. The third-order valence-corrected chi connectivity index (χ3v) is 6.66. The van der Waals surface area contributed by atoms with Crippen LogP contribution >= 0.6 is 0 Å². The molecule has 0 atom stereocenters. The van der Waals surface area contributed by atoms with Crippen LogP contribution in [0.25, 0.3) is 0 Å². The maximum Gasteiger partial charge on any atom is 0.239 e. The van der Waals surface area contributed by atoms with Gasteiger partial charge in [0.25, 0.3) is 0 Å². The molecular weight excluding hydrogens is 444 g/mol. The molecule has 0 aliphatic carbocycles. The van der Waals surface area contributed by atoms with Gasteiger partial charge in [-0.05, 0) is 36.2 Å². The molecule has 2 N–H and O–H groups in total. The number of nitrogens with one attached hydrogen (secondary N) is 2. The van der Waals surface area contributed by atoms with Gasteiger partial charge in [0.1, 0.15) is 5.75 Å². The molecule has 0 fully saturated rings. The summed E-state index contributed by atoms with van der Waals surface area (Å²) < 4.78 is 5.82. The molecule has 0 saturated heterocycles. The van der Waals surface area contributed by atoms with Crippen molar-refractivity contribution in [2.75, 3.05) is 25.0 Å². The first kappa shape index (κ1) is 29.7. The molecule has 0 spiro atoms. The van der Waals surface area contributed by atoms with E-state index in [1.165, 1.54) is 89.0 Å². The zero-order valence-electron chi connectivity index (χ0n) is 22.7. The molecule has 0 radical (unpaired) electrons. The van der Waals surface area contributed by atoms with E-state index in [9.17, 15) is 4.79 Å². The van der Waals surface area contributed by atoms with E-state index in [-0.39, 0.29) is 5.91 Å². The van der Waals surface area contributed by atoms with E-state index in [4.69, 9.17) is 4.74 Å². The summed E-state index contributed by atoms with van der Waals surface area (Å²) in [6, 6.07) is 18.1. The lowest BCUT2D eigenvalue weighted by Gasteiger charge is -2.10. The first-order chi connectivity index (χ1) is 17.8. The number of unbranched alkanes of at least 4 members (excludes halogenated alkanes) is 13. The number of rotatable bonds is 22. The fraction of sp³-hybridized carbons (Fsp3) is 0.594. The third-order valence-electron chi connectivity index (χ3n) is 6.66. The third kappa shape index (κ3) is 15.5. The molecule has 0 heterocycles. The molecule has 36 heavy (non-hydrogen) atoms. The van der Waals surface area contributed by atoms with Crippen molar-refractivity contribution in [1.29, 1.82) is 0 Å². The number of anilines is 1. The lowest BCUT2D eigenvalue weighted by Crippen LogP contribution is -2.30. The average Bonchev–Trinajstić information content (AvgIpc) is 2.91. The molecular formula is C32H50N2O2. The van der Waals surface area contributed by atoms with Crippen molar-refractivity contribution in [1.82, 2.24) is 5.32 Å². The average molecular weight is 495 g/mol. The topological polar surface area (TPSA) is 50.4 Å². The highest BCUT2D eigenvalue weighted by Gasteiger charge is 2.02. The van der Waals surface area contributed by atoms with Crippen molar-refractivity contribution in [2.24, 2.45) is 0 Å². The van der Waals surface area contributed by atoms with Crippen LogP contribution < -0.4 is 15.4 Å². The SMILES string of the molecule is CCCCCCCCCCCCCCCCNC(=O)CNc1ccc(OCCc2ccccc2)cc1. The van der Waals surface area contributed by atoms with Crippen molar-refractivity contribution in [3.63, 3.8) is 0 Å². The monoisotopic (exact) mass is 494 g/mol. The number of benzene rings is 2. The Hall–Kier alpha value is -2.49. The van der Waals surface area contributed by atoms with Crippen LogP contribution in [0.4, 0.5) is 5.69 Å². The minimum Gasteiger partial charge on any atom is -0.493 e. The first-order valence-corrected chi connectivity index (χ1v) is 14.6. The Labute approximate surface area is 220 Å². The number of amides is 1. The second-order valence-electron chi connectivity index (χ2n) is 9.91. The summed E-state index contributed by atoms with van der Waals surface area (Å²) in [4.78, 5) is 12.1. The molecule has 0 aromatic heterocycles. The van der Waals surface area contributed by atoms with Gasteiger partial charge in [0.05, 0.1) is 13.2 Å². The molecule has 2 aromatic rings. The van der Waals surface area contributed by atoms with Crippen molar-refractivity contribution in [2.45, 2.75) is 103 Å². The maximum atomic E-state index is 12.1. The van der Waals surface area contributed by atoms with Crippen molar-refractivity contribution in [3.8, 4) is 5.75 Å². The molecule has 0 saturated carbocycles. The van der Waals surface area contributed by atoms with Gasteiger partial charge < -0.3 is 15.4 Å². The molecule has 2 aromatic carbocycles. The van der Waals surface area contributed by atoms with Crippen molar-refractivity contribution in [3.05, 3.63) is 60.2 Å². The Morgan fingerprint density at radius 1 is 0.694 bits per heavy atom. The fourth-order valence-electron chi connectivity index (χ4n) is 4.39. The van der Waals surface area contributed by atoms with E-state index in [0.29, 0.717) is 13.2 Å². The van der Waals surface area contributed by atoms with Crippen LogP contribution in [0.3, 0.4) is 0 Å². The Balaban J connectivity index is 1.38. The van der Waals surface area contributed by atoms with Gasteiger partial charge in [-0.1, -0.05) is 121 Å². The van der Waals surface area contributed by atoms with Crippen LogP contribution in [0, 0.1) is 0 Å². The summed E-state index contributed by atoms with van der Waals surface area (Å²) in [6.45, 7) is 4.00. The predicted molar refractivity (Wildman–Crippen MR) is 154 cm³/mol. The zero-order chi connectivity index (χ0) is 25.5. The van der Waals surface area contributed by atoms with Gasteiger partial charge in [-0.3, -0.25) is 4.79 Å². The summed E-state index contributed by atoms with van der Waals surface area (Å²) in [6.07, 6.45) is 19.8. The van der Waals surface area contributed by atoms with Crippen LogP contribution in [0.2, 0.25) is 0 Å². The van der Waals surface area contributed by atoms with Crippen LogP contribution in [0.15, 0.2) is 54.6 Å². The molecule has 1 amide bonds. The Bertz CT molecular complexity index is 777. The van der Waals surface area contributed by atoms with Crippen LogP contribution in [0.1, 0.15) is 102 Å². The minimum atomic E-state index is 0.0490. The van der Waals surface area contributed by atoms with Gasteiger partial charge in [0.2, 0.25) is 5.91 Å². The van der Waals surface area contributed by atoms with Gasteiger partial charge in [0.15, 0.2) is 0 Å². The highest BCUT2D eigenvalue weighted by atomic mass is 16.5. The van der Waals surface area contributed by atoms with E-state index in [2.05, 4.69) is 29.7 Å². The smallest absolute Gasteiger partial charge is 0.239 e. The Morgan fingerprint density at radius 3 is 1.83 bits per heavy atom. The molecule has 4 heteroatoms. The second-order valence-corrected chi connectivity index (χ2v) is 9.91. The van der Waals surface area contributed by atoms with Gasteiger partial charge in [0, 0.05) is 18.7 Å². The van der Waals surface area contributed by atoms with E-state index >= 15 is 0 Å². The fourth-order valence-corrected chi connectivity index (χ4v) is 4.39. The van der Waals surface area contributed by atoms with Gasteiger partial charge in [-0.25, -0.2) is 0 Å². The van der Waals surface area contributed by atoms with Gasteiger partial charge in [-0.15, -0.1) is 0 Å². The summed E-state index contributed by atoms with van der Waals surface area (Å²) in [5, 5.41) is 6.21. The molecule has 0 bridgehead atoms. The summed E-state index contributed by atoms with van der Waals surface area (Å²) >= 11 is 0. The minimum absolute atomic E-state index is 0.0490. The van der Waals surface area contributed by atoms with Crippen molar-refractivity contribution >= 4 is 11.6 Å². The van der Waals surface area contributed by atoms with E-state index in [1.54, 1.807) is 0 Å². The number of ether oxygens (including phenoxy) is 1. The number of hydrogen-bond donors (Lipinski definition) is 2. The Kier molecular flexibility index (Phi) is 17.1. The van der Waals surface area contributed by atoms with E-state index in [1.807, 2.05) is 42.5 Å². The molecule has 4 nitrogen and oxygen atoms in total. The van der Waals surface area contributed by atoms with Crippen molar-refractivity contribution < 1.29 is 9.53 Å². The molecule has 2 rings (SSSR count).